The lowest BCUT2D eigenvalue weighted by Crippen LogP contribution is -2.00. The van der Waals surface area contributed by atoms with Gasteiger partial charge in [0, 0.05) is 6.54 Å². The fourth-order valence-corrected chi connectivity index (χ4v) is 0.831. The molecule has 0 atom stereocenters. The van der Waals surface area contributed by atoms with Gasteiger partial charge in [-0.05, 0) is 17.7 Å². The molecule has 0 aliphatic carbocycles. The molecule has 0 aliphatic rings. The van der Waals surface area contributed by atoms with Crippen molar-refractivity contribution in [1.29, 1.82) is 0 Å². The number of carboxylic acids is 1. The van der Waals surface area contributed by atoms with Gasteiger partial charge < -0.3 is 10.8 Å². The molecule has 1 aromatic rings. The fraction of sp³-hybridized carbons (Fsp3) is 0.300. The number of rotatable bonds is 2. The van der Waals surface area contributed by atoms with E-state index in [0.29, 0.717) is 6.54 Å². The number of hydrogen-bond acceptors (Lipinski definition) is 2. The molecule has 0 spiro atoms. The number of carbonyl (C=O) groups is 1. The summed E-state index contributed by atoms with van der Waals surface area (Å²) in [6, 6.07) is 6.60. The summed E-state index contributed by atoms with van der Waals surface area (Å²) in [6.07, 6.45) is 0. The lowest BCUT2D eigenvalue weighted by atomic mass is 10.1. The molecule has 0 aromatic heterocycles. The summed E-state index contributed by atoms with van der Waals surface area (Å²) in [7, 11) is 0. The smallest absolute Gasteiger partial charge is 0.335 e. The molecule has 72 valence electrons. The van der Waals surface area contributed by atoms with Crippen LogP contribution in [0.15, 0.2) is 24.3 Å². The average molecular weight is 181 g/mol. The molecule has 0 saturated carbocycles. The van der Waals surface area contributed by atoms with Crippen LogP contribution < -0.4 is 5.73 Å². The van der Waals surface area contributed by atoms with E-state index in [0.717, 1.165) is 5.56 Å². The first-order valence-electron chi connectivity index (χ1n) is 4.26. The molecule has 1 aromatic carbocycles. The average Bonchev–Trinajstić information content (AvgIpc) is 2.21. The van der Waals surface area contributed by atoms with E-state index in [1.807, 2.05) is 13.8 Å². The first kappa shape index (κ1) is 11.6. The van der Waals surface area contributed by atoms with Crippen LogP contribution in [0, 0.1) is 0 Å². The molecule has 1 rings (SSSR count). The van der Waals surface area contributed by atoms with Crippen molar-refractivity contribution in [2.45, 2.75) is 20.4 Å². The molecule has 3 nitrogen and oxygen atoms in total. The van der Waals surface area contributed by atoms with Crippen LogP contribution in [-0.2, 0) is 6.54 Å². The molecule has 3 heteroatoms. The number of nitrogens with two attached hydrogens (primary N) is 1. The zero-order chi connectivity index (χ0) is 10.3. The number of benzene rings is 1. The molecule has 0 bridgehead atoms. The fourth-order valence-electron chi connectivity index (χ4n) is 0.831. The molecule has 0 amide bonds. The molecule has 0 unspecified atom stereocenters. The van der Waals surface area contributed by atoms with Gasteiger partial charge in [0.2, 0.25) is 0 Å². The van der Waals surface area contributed by atoms with E-state index in [1.165, 1.54) is 0 Å². The minimum Gasteiger partial charge on any atom is -0.478 e. The van der Waals surface area contributed by atoms with E-state index in [2.05, 4.69) is 0 Å². The quantitative estimate of drug-likeness (QED) is 0.732. The van der Waals surface area contributed by atoms with Gasteiger partial charge in [-0.25, -0.2) is 4.79 Å². The van der Waals surface area contributed by atoms with Crippen molar-refractivity contribution in [3.63, 3.8) is 0 Å². The topological polar surface area (TPSA) is 63.3 Å². The minimum atomic E-state index is -0.916. The maximum atomic E-state index is 10.4. The second-order valence-corrected chi connectivity index (χ2v) is 2.21. The highest BCUT2D eigenvalue weighted by atomic mass is 16.4. The summed E-state index contributed by atoms with van der Waals surface area (Å²) in [5, 5.41) is 8.56. The van der Waals surface area contributed by atoms with Gasteiger partial charge in [0.05, 0.1) is 5.56 Å². The zero-order valence-corrected chi connectivity index (χ0v) is 7.95. The molecule has 0 heterocycles. The van der Waals surface area contributed by atoms with Gasteiger partial charge in [-0.2, -0.15) is 0 Å². The Hall–Kier alpha value is -1.35. The van der Waals surface area contributed by atoms with Crippen LogP contribution in [0.25, 0.3) is 0 Å². The van der Waals surface area contributed by atoms with E-state index in [4.69, 9.17) is 10.8 Å². The monoisotopic (exact) mass is 181 g/mol. The molecule has 0 aliphatic heterocycles. The van der Waals surface area contributed by atoms with Gasteiger partial charge in [0.1, 0.15) is 0 Å². The van der Waals surface area contributed by atoms with E-state index in [-0.39, 0.29) is 5.56 Å². The van der Waals surface area contributed by atoms with E-state index in [9.17, 15) is 4.79 Å². The molecule has 0 saturated heterocycles. The number of carboxylic acid groups (broad SMARTS) is 1. The van der Waals surface area contributed by atoms with Crippen LogP contribution in [0.1, 0.15) is 29.8 Å². The first-order valence-corrected chi connectivity index (χ1v) is 4.26. The maximum absolute atomic E-state index is 10.4. The third-order valence-electron chi connectivity index (χ3n) is 1.41. The van der Waals surface area contributed by atoms with Gasteiger partial charge >= 0.3 is 5.97 Å². The molecule has 0 radical (unpaired) electrons. The standard InChI is InChI=1S/C8H9NO2.C2H6/c9-5-6-2-1-3-7(4-6)8(10)11;1-2/h1-4H,5,9H2,(H,10,11);1-2H3. The molecule has 0 fully saturated rings. The normalized spacial score (nSPS) is 8.54. The summed E-state index contributed by atoms with van der Waals surface area (Å²) in [4.78, 5) is 10.4. The van der Waals surface area contributed by atoms with Crippen molar-refractivity contribution < 1.29 is 9.90 Å². The van der Waals surface area contributed by atoms with Crippen LogP contribution in [0.2, 0.25) is 0 Å². The number of hydrogen-bond donors (Lipinski definition) is 2. The number of aromatic carboxylic acids is 1. The second kappa shape index (κ2) is 6.20. The molecule has 13 heavy (non-hydrogen) atoms. The Kier molecular flexibility index (Phi) is 5.55. The lowest BCUT2D eigenvalue weighted by molar-refractivity contribution is 0.0697. The summed E-state index contributed by atoms with van der Waals surface area (Å²) >= 11 is 0. The van der Waals surface area contributed by atoms with Crippen molar-refractivity contribution in [3.05, 3.63) is 35.4 Å². The Balaban J connectivity index is 0.000000671. The zero-order valence-electron chi connectivity index (χ0n) is 7.95. The Labute approximate surface area is 78.2 Å². The Morgan fingerprint density at radius 1 is 1.46 bits per heavy atom. The van der Waals surface area contributed by atoms with Crippen molar-refractivity contribution in [1.82, 2.24) is 0 Å². The molecule has 3 N–H and O–H groups in total. The van der Waals surface area contributed by atoms with Gasteiger partial charge in [-0.3, -0.25) is 0 Å². The molecular formula is C10H15NO2. The second-order valence-electron chi connectivity index (χ2n) is 2.21. The SMILES string of the molecule is CC.NCc1cccc(C(=O)O)c1. The van der Waals surface area contributed by atoms with Crippen LogP contribution in [0.5, 0.6) is 0 Å². The summed E-state index contributed by atoms with van der Waals surface area (Å²) in [5.74, 6) is -0.916. The van der Waals surface area contributed by atoms with Gasteiger partial charge in [0.25, 0.3) is 0 Å². The minimum absolute atomic E-state index is 0.285. The van der Waals surface area contributed by atoms with Crippen LogP contribution in [0.4, 0.5) is 0 Å². The summed E-state index contributed by atoms with van der Waals surface area (Å²) < 4.78 is 0. The highest BCUT2D eigenvalue weighted by molar-refractivity contribution is 5.87. The third-order valence-corrected chi connectivity index (χ3v) is 1.41. The first-order chi connectivity index (χ1) is 6.24. The lowest BCUT2D eigenvalue weighted by Gasteiger charge is -1.97. The van der Waals surface area contributed by atoms with Crippen LogP contribution >= 0.6 is 0 Å². The Morgan fingerprint density at radius 2 is 2.08 bits per heavy atom. The van der Waals surface area contributed by atoms with Crippen molar-refractivity contribution in [3.8, 4) is 0 Å². The van der Waals surface area contributed by atoms with Crippen LogP contribution in [0.3, 0.4) is 0 Å². The van der Waals surface area contributed by atoms with E-state index in [1.54, 1.807) is 24.3 Å². The predicted octanol–water partition coefficient (Wildman–Crippen LogP) is 1.87. The Bertz CT molecular complexity index is 271. The van der Waals surface area contributed by atoms with Gasteiger partial charge in [0.15, 0.2) is 0 Å². The van der Waals surface area contributed by atoms with Crippen molar-refractivity contribution in [2.75, 3.05) is 0 Å². The highest BCUT2D eigenvalue weighted by Gasteiger charge is 2.00. The molecular weight excluding hydrogens is 166 g/mol. The van der Waals surface area contributed by atoms with Gasteiger partial charge in [-0.1, -0.05) is 26.0 Å². The van der Waals surface area contributed by atoms with Crippen molar-refractivity contribution >= 4 is 5.97 Å². The predicted molar refractivity (Wildman–Crippen MR) is 52.6 cm³/mol. The maximum Gasteiger partial charge on any atom is 0.335 e. The third kappa shape index (κ3) is 3.71. The summed E-state index contributed by atoms with van der Waals surface area (Å²) in [6.45, 7) is 4.38. The Morgan fingerprint density at radius 3 is 2.54 bits per heavy atom. The van der Waals surface area contributed by atoms with E-state index < -0.39 is 5.97 Å². The van der Waals surface area contributed by atoms with Crippen molar-refractivity contribution in [2.24, 2.45) is 5.73 Å². The summed E-state index contributed by atoms with van der Waals surface area (Å²) in [5.41, 5.74) is 6.45. The largest absolute Gasteiger partial charge is 0.478 e. The van der Waals surface area contributed by atoms with E-state index >= 15 is 0 Å². The van der Waals surface area contributed by atoms with Crippen LogP contribution in [-0.4, -0.2) is 11.1 Å². The highest BCUT2D eigenvalue weighted by Crippen LogP contribution is 2.03. The van der Waals surface area contributed by atoms with Gasteiger partial charge in [-0.15, -0.1) is 0 Å².